The van der Waals surface area contributed by atoms with E-state index in [4.69, 9.17) is 5.11 Å². The van der Waals surface area contributed by atoms with Crippen LogP contribution >= 0.6 is 0 Å². The Bertz CT molecular complexity index is 460. The highest BCUT2D eigenvalue weighted by atomic mass is 16.4. The lowest BCUT2D eigenvalue weighted by Crippen LogP contribution is -2.20. The Balaban J connectivity index is 2.39. The molecule has 0 aliphatic heterocycles. The maximum atomic E-state index is 10.5. The molecule has 0 saturated heterocycles. The number of allylic oxidation sites excluding steroid dienone is 2. The van der Waals surface area contributed by atoms with Crippen LogP contribution in [0.25, 0.3) is 0 Å². The fraction of sp³-hybridized carbons (Fsp3) is 0.773. The maximum Gasteiger partial charge on any atom is 0.303 e. The van der Waals surface area contributed by atoms with Crippen LogP contribution in [0.4, 0.5) is 0 Å². The third-order valence-electron chi connectivity index (χ3n) is 5.41. The minimum Gasteiger partial charge on any atom is -0.481 e. The molecule has 1 aliphatic carbocycles. The van der Waals surface area contributed by atoms with Gasteiger partial charge in [-0.1, -0.05) is 56.9 Å². The highest BCUT2D eigenvalue weighted by molar-refractivity contribution is 5.66. The summed E-state index contributed by atoms with van der Waals surface area (Å²) < 4.78 is 0. The largest absolute Gasteiger partial charge is 0.481 e. The van der Waals surface area contributed by atoms with Gasteiger partial charge in [-0.2, -0.15) is 0 Å². The van der Waals surface area contributed by atoms with Crippen molar-refractivity contribution in [3.63, 3.8) is 0 Å². The molecule has 1 fully saturated rings. The van der Waals surface area contributed by atoms with Crippen LogP contribution in [0, 0.1) is 11.8 Å². The zero-order chi connectivity index (χ0) is 20.1. The van der Waals surface area contributed by atoms with Crippen molar-refractivity contribution in [1.29, 1.82) is 0 Å². The Kier molecular flexibility index (Phi) is 12.3. The first kappa shape index (κ1) is 23.9. The zero-order valence-electron chi connectivity index (χ0n) is 16.7. The van der Waals surface area contributed by atoms with Crippen LogP contribution in [0.15, 0.2) is 24.3 Å². The van der Waals surface area contributed by atoms with Gasteiger partial charge in [0.25, 0.3) is 0 Å². The van der Waals surface area contributed by atoms with Gasteiger partial charge < -0.3 is 20.4 Å². The summed E-state index contributed by atoms with van der Waals surface area (Å²) in [6, 6.07) is 0. The van der Waals surface area contributed by atoms with Gasteiger partial charge in [0, 0.05) is 18.8 Å². The quantitative estimate of drug-likeness (QED) is 0.270. The molecule has 0 radical (unpaired) electrons. The third kappa shape index (κ3) is 10.1. The smallest absolute Gasteiger partial charge is 0.303 e. The van der Waals surface area contributed by atoms with Crippen molar-refractivity contribution in [2.45, 2.75) is 95.9 Å². The summed E-state index contributed by atoms with van der Waals surface area (Å²) >= 11 is 0. The van der Waals surface area contributed by atoms with Gasteiger partial charge in [-0.3, -0.25) is 4.79 Å². The average Bonchev–Trinajstić information content (AvgIpc) is 2.88. The van der Waals surface area contributed by atoms with E-state index in [0.717, 1.165) is 25.7 Å². The van der Waals surface area contributed by atoms with Gasteiger partial charge in [-0.25, -0.2) is 0 Å². The average molecular weight is 383 g/mol. The second kappa shape index (κ2) is 13.9. The number of aliphatic hydroxyl groups excluding tert-OH is 3. The predicted octanol–water partition coefficient (Wildman–Crippen LogP) is 3.82. The van der Waals surface area contributed by atoms with Gasteiger partial charge in [0.1, 0.15) is 0 Å². The van der Waals surface area contributed by atoms with Crippen LogP contribution in [0.3, 0.4) is 0 Å². The molecule has 0 aromatic rings. The van der Waals surface area contributed by atoms with E-state index in [0.29, 0.717) is 19.3 Å². The molecule has 1 saturated carbocycles. The van der Waals surface area contributed by atoms with E-state index in [2.05, 4.69) is 19.1 Å². The number of carbonyl (C=O) groups is 1. The molecule has 1 aliphatic rings. The number of unbranched alkanes of at least 4 members (excludes halogenated alkanes) is 5. The number of aliphatic carboxylic acids is 1. The fourth-order valence-corrected chi connectivity index (χ4v) is 3.75. The fourth-order valence-electron chi connectivity index (χ4n) is 3.75. The van der Waals surface area contributed by atoms with Gasteiger partial charge in [-0.05, 0) is 38.0 Å². The standard InChI is InChI=1S/C22H38O5/c1-2-3-4-5-6-9-12-18-19(21(25)16-20(18)24)15-14-17(23)11-8-7-10-13-22(26)27/h6,9,14-15,17-21,23-25H,2-5,7-8,10-13,16H2,1H3,(H,26,27)/b9-6-,15-14+/t17-,18-,19+,20-,21+/m1/s1. The first-order valence-corrected chi connectivity index (χ1v) is 10.5. The highest BCUT2D eigenvalue weighted by Crippen LogP contribution is 2.36. The van der Waals surface area contributed by atoms with E-state index >= 15 is 0 Å². The summed E-state index contributed by atoms with van der Waals surface area (Å²) in [5, 5.41) is 39.2. The number of carboxylic acid groups (broad SMARTS) is 1. The van der Waals surface area contributed by atoms with Crippen molar-refractivity contribution < 1.29 is 25.2 Å². The summed E-state index contributed by atoms with van der Waals surface area (Å²) in [4.78, 5) is 10.5. The molecule has 156 valence electrons. The Hall–Kier alpha value is -1.17. The molecule has 4 N–H and O–H groups in total. The van der Waals surface area contributed by atoms with Gasteiger partial charge in [0.05, 0.1) is 18.3 Å². The van der Waals surface area contributed by atoms with Crippen LogP contribution in [-0.4, -0.2) is 44.7 Å². The van der Waals surface area contributed by atoms with E-state index in [-0.39, 0.29) is 18.3 Å². The first-order valence-electron chi connectivity index (χ1n) is 10.5. The van der Waals surface area contributed by atoms with Crippen LogP contribution in [-0.2, 0) is 4.79 Å². The minimum absolute atomic E-state index is 0.0126. The number of hydrogen-bond acceptors (Lipinski definition) is 4. The van der Waals surface area contributed by atoms with Crippen molar-refractivity contribution in [1.82, 2.24) is 0 Å². The maximum absolute atomic E-state index is 10.5. The molecule has 1 rings (SSSR count). The second-order valence-electron chi connectivity index (χ2n) is 7.76. The third-order valence-corrected chi connectivity index (χ3v) is 5.41. The van der Waals surface area contributed by atoms with E-state index in [1.165, 1.54) is 19.3 Å². The Morgan fingerprint density at radius 3 is 2.56 bits per heavy atom. The summed E-state index contributed by atoms with van der Waals surface area (Å²) in [6.07, 6.45) is 14.9. The second-order valence-corrected chi connectivity index (χ2v) is 7.76. The molecule has 0 aromatic carbocycles. The molecule has 5 nitrogen and oxygen atoms in total. The van der Waals surface area contributed by atoms with Crippen molar-refractivity contribution in [2.24, 2.45) is 11.8 Å². The van der Waals surface area contributed by atoms with Crippen molar-refractivity contribution in [3.8, 4) is 0 Å². The van der Waals surface area contributed by atoms with Gasteiger partial charge in [0.15, 0.2) is 0 Å². The summed E-state index contributed by atoms with van der Waals surface area (Å²) in [5.41, 5.74) is 0. The normalized spacial score (nSPS) is 27.0. The molecule has 0 unspecified atom stereocenters. The molecule has 0 spiro atoms. The molecule has 5 atom stereocenters. The highest BCUT2D eigenvalue weighted by Gasteiger charge is 2.39. The Morgan fingerprint density at radius 1 is 1.07 bits per heavy atom. The monoisotopic (exact) mass is 382 g/mol. The van der Waals surface area contributed by atoms with Crippen molar-refractivity contribution in [2.75, 3.05) is 0 Å². The first-order chi connectivity index (χ1) is 13.0. The topological polar surface area (TPSA) is 98.0 Å². The predicted molar refractivity (Wildman–Crippen MR) is 107 cm³/mol. The molecule has 0 bridgehead atoms. The van der Waals surface area contributed by atoms with E-state index < -0.39 is 24.3 Å². The SMILES string of the molecule is CCCCC/C=C\C[C@@H]1[C@H](/C=C/[C@H](O)CCCCCC(=O)O)[C@@H](O)C[C@H]1O. The number of aliphatic hydroxyl groups is 3. The summed E-state index contributed by atoms with van der Waals surface area (Å²) in [5.74, 6) is -0.932. The molecular formula is C22H38O5. The lowest BCUT2D eigenvalue weighted by molar-refractivity contribution is -0.137. The number of carboxylic acids is 1. The van der Waals surface area contributed by atoms with E-state index in [1.54, 1.807) is 6.08 Å². The van der Waals surface area contributed by atoms with Crippen LogP contribution < -0.4 is 0 Å². The summed E-state index contributed by atoms with van der Waals surface area (Å²) in [6.45, 7) is 2.18. The van der Waals surface area contributed by atoms with E-state index in [1.807, 2.05) is 6.08 Å². The molecule has 5 heteroatoms. The molecular weight excluding hydrogens is 344 g/mol. The van der Waals surface area contributed by atoms with Crippen molar-refractivity contribution in [3.05, 3.63) is 24.3 Å². The van der Waals surface area contributed by atoms with Crippen molar-refractivity contribution >= 4 is 5.97 Å². The number of rotatable bonds is 14. The van der Waals surface area contributed by atoms with Gasteiger partial charge >= 0.3 is 5.97 Å². The summed E-state index contributed by atoms with van der Waals surface area (Å²) in [7, 11) is 0. The Morgan fingerprint density at radius 2 is 1.85 bits per heavy atom. The minimum atomic E-state index is -0.783. The van der Waals surface area contributed by atoms with Gasteiger partial charge in [-0.15, -0.1) is 0 Å². The lowest BCUT2D eigenvalue weighted by Gasteiger charge is -2.19. The van der Waals surface area contributed by atoms with Gasteiger partial charge in [0.2, 0.25) is 0 Å². The molecule has 0 aromatic heterocycles. The number of hydrogen-bond donors (Lipinski definition) is 4. The molecule has 0 heterocycles. The van der Waals surface area contributed by atoms with Crippen LogP contribution in [0.5, 0.6) is 0 Å². The molecule has 27 heavy (non-hydrogen) atoms. The van der Waals surface area contributed by atoms with Crippen LogP contribution in [0.1, 0.15) is 77.6 Å². The Labute approximate surface area is 163 Å². The lowest BCUT2D eigenvalue weighted by atomic mass is 9.89. The molecule has 0 amide bonds. The van der Waals surface area contributed by atoms with Crippen LogP contribution in [0.2, 0.25) is 0 Å². The zero-order valence-corrected chi connectivity index (χ0v) is 16.7. The van der Waals surface area contributed by atoms with E-state index in [9.17, 15) is 20.1 Å².